The van der Waals surface area contributed by atoms with Gasteiger partial charge < -0.3 is 4.52 Å². The molecule has 1 heterocycles. The Hall–Kier alpha value is -1.83. The molecule has 1 aromatic heterocycles. The number of hydrogen-bond donors (Lipinski definition) is 0. The van der Waals surface area contributed by atoms with Crippen molar-refractivity contribution in [2.45, 2.75) is 85.5 Å². The van der Waals surface area contributed by atoms with Gasteiger partial charge in [-0.2, -0.15) is 0 Å². The van der Waals surface area contributed by atoms with Crippen molar-refractivity contribution in [3.8, 4) is 0 Å². The fourth-order valence-corrected chi connectivity index (χ4v) is 5.00. The zero-order valence-corrected chi connectivity index (χ0v) is 18.4. The minimum absolute atomic E-state index is 0.211. The van der Waals surface area contributed by atoms with Crippen LogP contribution in [0.4, 0.5) is 0 Å². The van der Waals surface area contributed by atoms with E-state index in [4.69, 9.17) is 4.52 Å². The third kappa shape index (κ3) is 3.90. The number of rotatable bonds is 5. The van der Waals surface area contributed by atoms with Gasteiger partial charge in [0.2, 0.25) is 0 Å². The molecule has 0 saturated carbocycles. The fourth-order valence-electron chi connectivity index (χ4n) is 5.00. The van der Waals surface area contributed by atoms with E-state index in [1.807, 2.05) is 6.07 Å². The van der Waals surface area contributed by atoms with E-state index in [9.17, 15) is 0 Å². The highest BCUT2D eigenvalue weighted by Gasteiger charge is 2.42. The lowest BCUT2D eigenvalue weighted by Crippen LogP contribution is -2.18. The van der Waals surface area contributed by atoms with Crippen LogP contribution >= 0.6 is 0 Å². The number of fused-ring (bicyclic) bond motifs is 1. The van der Waals surface area contributed by atoms with E-state index >= 15 is 0 Å². The molecule has 1 aliphatic carbocycles. The van der Waals surface area contributed by atoms with Gasteiger partial charge in [-0.15, -0.1) is 0 Å². The van der Waals surface area contributed by atoms with Crippen LogP contribution in [0.1, 0.15) is 89.8 Å². The number of nitrogens with zero attached hydrogens (tertiary/aromatic N) is 1. The summed E-state index contributed by atoms with van der Waals surface area (Å²) in [6, 6.07) is 6.99. The summed E-state index contributed by atoms with van der Waals surface area (Å²) in [6.45, 7) is 18.6. The maximum absolute atomic E-state index is 5.44. The minimum atomic E-state index is 0.211. The van der Waals surface area contributed by atoms with Crippen molar-refractivity contribution in [3.05, 3.63) is 58.0 Å². The molecule has 2 aromatic rings. The summed E-state index contributed by atoms with van der Waals surface area (Å²) in [5, 5.41) is 3.90. The molecule has 2 nitrogen and oxygen atoms in total. The predicted octanol–water partition coefficient (Wildman–Crippen LogP) is 6.87. The molecule has 2 heteroatoms. The molecule has 0 saturated heterocycles. The van der Waals surface area contributed by atoms with Crippen LogP contribution < -0.4 is 0 Å². The summed E-state index contributed by atoms with van der Waals surface area (Å²) >= 11 is 0. The molecule has 0 radical (unpaired) electrons. The summed E-state index contributed by atoms with van der Waals surface area (Å²) in [7, 11) is 0. The molecule has 1 aromatic carbocycles. The van der Waals surface area contributed by atoms with Gasteiger partial charge in [-0.3, -0.25) is 0 Å². The molecule has 0 unspecified atom stereocenters. The quantitative estimate of drug-likeness (QED) is 0.578. The van der Waals surface area contributed by atoms with Gasteiger partial charge >= 0.3 is 0 Å². The third-order valence-corrected chi connectivity index (χ3v) is 5.98. The molecular weight excluding hydrogens is 330 g/mol. The average molecular weight is 366 g/mol. The van der Waals surface area contributed by atoms with Crippen LogP contribution in [0, 0.1) is 5.92 Å². The first-order valence-corrected chi connectivity index (χ1v) is 10.3. The molecule has 27 heavy (non-hydrogen) atoms. The second-order valence-electron chi connectivity index (χ2n) is 10.2. The van der Waals surface area contributed by atoms with Crippen LogP contribution in [0.2, 0.25) is 0 Å². The molecule has 3 rings (SSSR count). The Morgan fingerprint density at radius 2 is 1.70 bits per heavy atom. The van der Waals surface area contributed by atoms with Crippen molar-refractivity contribution in [2.24, 2.45) is 5.92 Å². The smallest absolute Gasteiger partial charge is 0.141 e. The molecule has 0 atom stereocenters. The lowest BCUT2D eigenvalue weighted by Gasteiger charge is -2.23. The maximum atomic E-state index is 5.44. The Kier molecular flexibility index (Phi) is 5.14. The van der Waals surface area contributed by atoms with Crippen molar-refractivity contribution in [1.82, 2.24) is 5.16 Å². The first kappa shape index (κ1) is 19.9. The number of allylic oxidation sites excluding steroid dienone is 2. The van der Waals surface area contributed by atoms with Gasteiger partial charge in [0, 0.05) is 12.5 Å². The van der Waals surface area contributed by atoms with E-state index < -0.39 is 0 Å². The van der Waals surface area contributed by atoms with Gasteiger partial charge in [-0.05, 0) is 71.3 Å². The summed E-state index contributed by atoms with van der Waals surface area (Å²) in [5.74, 6) is 1.56. The van der Waals surface area contributed by atoms with Crippen LogP contribution in [0.15, 0.2) is 34.5 Å². The van der Waals surface area contributed by atoms with Crippen molar-refractivity contribution in [2.75, 3.05) is 0 Å². The van der Waals surface area contributed by atoms with Crippen LogP contribution in [0.5, 0.6) is 0 Å². The third-order valence-electron chi connectivity index (χ3n) is 5.98. The normalized spacial score (nSPS) is 17.2. The molecule has 0 aliphatic heterocycles. The van der Waals surface area contributed by atoms with Gasteiger partial charge in [-0.1, -0.05) is 64.4 Å². The second-order valence-corrected chi connectivity index (χ2v) is 10.2. The highest BCUT2D eigenvalue weighted by molar-refractivity contribution is 5.74. The average Bonchev–Trinajstić information content (AvgIpc) is 3.09. The summed E-state index contributed by atoms with van der Waals surface area (Å²) < 4.78 is 5.44. The standard InChI is InChI=1S/C25H35NO/c1-16(2)11-18-12-22-23(25(7,8)15-24(22,5)6)14-21(18)20(17(3)4)13-19-9-10-26-27-19/h9-10,12,14,16H,11,13,15H2,1-8H3. The van der Waals surface area contributed by atoms with Crippen molar-refractivity contribution < 1.29 is 4.52 Å². The highest BCUT2D eigenvalue weighted by atomic mass is 16.5. The molecule has 0 N–H and O–H groups in total. The molecule has 0 bridgehead atoms. The predicted molar refractivity (Wildman–Crippen MR) is 114 cm³/mol. The molecule has 1 aliphatic rings. The number of aromatic nitrogens is 1. The van der Waals surface area contributed by atoms with E-state index in [0.29, 0.717) is 5.92 Å². The molecule has 0 spiro atoms. The zero-order valence-electron chi connectivity index (χ0n) is 18.4. The number of benzene rings is 1. The Balaban J connectivity index is 2.20. The Morgan fingerprint density at radius 3 is 2.22 bits per heavy atom. The molecule has 0 fully saturated rings. The number of hydrogen-bond acceptors (Lipinski definition) is 2. The van der Waals surface area contributed by atoms with Crippen molar-refractivity contribution >= 4 is 5.57 Å². The summed E-state index contributed by atoms with van der Waals surface area (Å²) in [6.07, 6.45) is 4.84. The van der Waals surface area contributed by atoms with Crippen LogP contribution in [0.3, 0.4) is 0 Å². The minimum Gasteiger partial charge on any atom is -0.361 e. The molecular formula is C25H35NO. The van der Waals surface area contributed by atoms with E-state index in [-0.39, 0.29) is 10.8 Å². The van der Waals surface area contributed by atoms with Crippen LogP contribution in [-0.4, -0.2) is 5.16 Å². The van der Waals surface area contributed by atoms with Gasteiger partial charge in [-0.25, -0.2) is 0 Å². The Morgan fingerprint density at radius 1 is 1.07 bits per heavy atom. The van der Waals surface area contributed by atoms with Gasteiger partial charge in [0.15, 0.2) is 0 Å². The van der Waals surface area contributed by atoms with Crippen LogP contribution in [-0.2, 0) is 23.7 Å². The monoisotopic (exact) mass is 365 g/mol. The lowest BCUT2D eigenvalue weighted by atomic mass is 9.81. The Bertz CT molecular complexity index is 847. The maximum Gasteiger partial charge on any atom is 0.141 e. The van der Waals surface area contributed by atoms with E-state index in [1.165, 1.54) is 34.3 Å². The first-order valence-electron chi connectivity index (χ1n) is 10.3. The largest absolute Gasteiger partial charge is 0.361 e. The van der Waals surface area contributed by atoms with Gasteiger partial charge in [0.1, 0.15) is 5.76 Å². The van der Waals surface area contributed by atoms with Gasteiger partial charge in [0.05, 0.1) is 6.20 Å². The topological polar surface area (TPSA) is 26.0 Å². The van der Waals surface area contributed by atoms with Crippen molar-refractivity contribution in [3.63, 3.8) is 0 Å². The van der Waals surface area contributed by atoms with E-state index in [0.717, 1.165) is 18.6 Å². The SMILES string of the molecule is CC(C)=C(Cc1ccno1)c1cc2c(cc1CC(C)C)C(C)(C)CC2(C)C. The fraction of sp³-hybridized carbons (Fsp3) is 0.560. The second kappa shape index (κ2) is 6.96. The van der Waals surface area contributed by atoms with Gasteiger partial charge in [0.25, 0.3) is 0 Å². The summed E-state index contributed by atoms with van der Waals surface area (Å²) in [4.78, 5) is 0. The van der Waals surface area contributed by atoms with Crippen LogP contribution in [0.25, 0.3) is 5.57 Å². The lowest BCUT2D eigenvalue weighted by molar-refractivity contribution is 0.391. The summed E-state index contributed by atoms with van der Waals surface area (Å²) in [5.41, 5.74) is 9.13. The first-order chi connectivity index (χ1) is 12.5. The van der Waals surface area contributed by atoms with E-state index in [2.05, 4.69) is 72.7 Å². The highest BCUT2D eigenvalue weighted by Crippen LogP contribution is 2.51. The Labute approximate surface area is 165 Å². The van der Waals surface area contributed by atoms with E-state index in [1.54, 1.807) is 11.8 Å². The zero-order chi connectivity index (χ0) is 20.0. The molecule has 146 valence electrons. The molecule has 0 amide bonds. The van der Waals surface area contributed by atoms with Crippen molar-refractivity contribution in [1.29, 1.82) is 0 Å².